The van der Waals surface area contributed by atoms with Gasteiger partial charge in [0.1, 0.15) is 0 Å². The summed E-state index contributed by atoms with van der Waals surface area (Å²) in [6.07, 6.45) is 5.15. The minimum atomic E-state index is 0.241. The lowest BCUT2D eigenvalue weighted by Gasteiger charge is -2.04. The molecule has 0 bridgehead atoms. The van der Waals surface area contributed by atoms with Gasteiger partial charge in [-0.25, -0.2) is 0 Å². The molecule has 2 aliphatic rings. The number of nitrogens with one attached hydrogen (secondary N) is 1. The average Bonchev–Trinajstić information content (AvgIpc) is 3.06. The van der Waals surface area contributed by atoms with Crippen LogP contribution in [0, 0.1) is 24.7 Å². The fourth-order valence-electron chi connectivity index (χ4n) is 3.24. The van der Waals surface area contributed by atoms with Crippen molar-refractivity contribution in [3.8, 4) is 0 Å². The molecular weight excluding hydrogens is 210 g/mol. The molecule has 1 amide bonds. The van der Waals surface area contributed by atoms with Crippen molar-refractivity contribution in [2.75, 3.05) is 5.32 Å². The Labute approximate surface area is 102 Å². The summed E-state index contributed by atoms with van der Waals surface area (Å²) in [5, 5.41) is 3.05. The first-order valence-corrected chi connectivity index (χ1v) is 6.63. The molecule has 2 aliphatic carbocycles. The molecule has 0 radical (unpaired) electrons. The maximum absolute atomic E-state index is 12.1. The smallest absolute Gasteiger partial charge is 0.228 e. The van der Waals surface area contributed by atoms with Crippen molar-refractivity contribution in [2.24, 2.45) is 17.8 Å². The van der Waals surface area contributed by atoms with Crippen LogP contribution in [0.2, 0.25) is 0 Å². The molecule has 0 aromatic heterocycles. The van der Waals surface area contributed by atoms with E-state index in [1.165, 1.54) is 31.2 Å². The summed E-state index contributed by atoms with van der Waals surface area (Å²) in [6.45, 7) is 2.06. The van der Waals surface area contributed by atoms with Crippen LogP contribution in [-0.2, 0) is 4.79 Å². The molecule has 2 fully saturated rings. The van der Waals surface area contributed by atoms with E-state index in [4.69, 9.17) is 0 Å². The molecule has 1 aromatic rings. The van der Waals surface area contributed by atoms with E-state index in [2.05, 4.69) is 12.2 Å². The van der Waals surface area contributed by atoms with Crippen molar-refractivity contribution in [2.45, 2.75) is 32.6 Å². The maximum Gasteiger partial charge on any atom is 0.228 e. The van der Waals surface area contributed by atoms with Crippen LogP contribution in [0.25, 0.3) is 0 Å². The first kappa shape index (κ1) is 10.8. The van der Waals surface area contributed by atoms with Crippen LogP contribution >= 0.6 is 0 Å². The van der Waals surface area contributed by atoms with Gasteiger partial charge in [-0.15, -0.1) is 0 Å². The van der Waals surface area contributed by atoms with Crippen molar-refractivity contribution in [1.29, 1.82) is 0 Å². The normalized spacial score (nSPS) is 30.5. The number of fused-ring (bicyclic) bond motifs is 1. The summed E-state index contributed by atoms with van der Waals surface area (Å²) in [7, 11) is 0. The molecule has 17 heavy (non-hydrogen) atoms. The SMILES string of the molecule is Cc1ccc(NC(=O)C2C3CCCCC32)cc1. The number of carbonyl (C=O) groups is 1. The Kier molecular flexibility index (Phi) is 2.65. The Morgan fingerprint density at radius 3 is 2.29 bits per heavy atom. The molecule has 2 saturated carbocycles. The number of anilines is 1. The van der Waals surface area contributed by atoms with Crippen LogP contribution in [0.1, 0.15) is 31.2 Å². The Morgan fingerprint density at radius 1 is 1.12 bits per heavy atom. The van der Waals surface area contributed by atoms with Gasteiger partial charge in [0.25, 0.3) is 0 Å². The lowest BCUT2D eigenvalue weighted by atomic mass is 10.0. The zero-order valence-corrected chi connectivity index (χ0v) is 10.3. The van der Waals surface area contributed by atoms with Crippen LogP contribution in [0.3, 0.4) is 0 Å². The molecule has 1 N–H and O–H groups in total. The predicted molar refractivity (Wildman–Crippen MR) is 68.7 cm³/mol. The van der Waals surface area contributed by atoms with Crippen LogP contribution in [-0.4, -0.2) is 5.91 Å². The van der Waals surface area contributed by atoms with E-state index >= 15 is 0 Å². The van der Waals surface area contributed by atoms with E-state index in [1.807, 2.05) is 24.3 Å². The van der Waals surface area contributed by atoms with E-state index < -0.39 is 0 Å². The number of amides is 1. The van der Waals surface area contributed by atoms with Gasteiger partial charge in [-0.3, -0.25) is 4.79 Å². The van der Waals surface area contributed by atoms with Gasteiger partial charge in [0, 0.05) is 11.6 Å². The second-order valence-corrected chi connectivity index (χ2v) is 5.49. The fourth-order valence-corrected chi connectivity index (χ4v) is 3.24. The third-order valence-electron chi connectivity index (χ3n) is 4.28. The highest BCUT2D eigenvalue weighted by atomic mass is 16.2. The zero-order chi connectivity index (χ0) is 11.8. The molecule has 0 spiro atoms. The highest BCUT2D eigenvalue weighted by molar-refractivity contribution is 5.94. The van der Waals surface area contributed by atoms with Gasteiger partial charge in [-0.2, -0.15) is 0 Å². The van der Waals surface area contributed by atoms with E-state index in [9.17, 15) is 4.79 Å². The van der Waals surface area contributed by atoms with Gasteiger partial charge in [0.2, 0.25) is 5.91 Å². The van der Waals surface area contributed by atoms with E-state index in [1.54, 1.807) is 0 Å². The molecule has 2 unspecified atom stereocenters. The highest BCUT2D eigenvalue weighted by Gasteiger charge is 2.54. The lowest BCUT2D eigenvalue weighted by Crippen LogP contribution is -2.15. The summed E-state index contributed by atoms with van der Waals surface area (Å²) in [5.74, 6) is 1.92. The molecule has 3 rings (SSSR count). The van der Waals surface area contributed by atoms with E-state index in [0.717, 1.165) is 5.69 Å². The maximum atomic E-state index is 12.1. The summed E-state index contributed by atoms with van der Waals surface area (Å²) < 4.78 is 0. The van der Waals surface area contributed by atoms with Gasteiger partial charge >= 0.3 is 0 Å². The van der Waals surface area contributed by atoms with E-state index in [0.29, 0.717) is 17.8 Å². The van der Waals surface area contributed by atoms with Crippen molar-refractivity contribution in [3.63, 3.8) is 0 Å². The van der Waals surface area contributed by atoms with Crippen LogP contribution in [0.5, 0.6) is 0 Å². The van der Waals surface area contributed by atoms with Crippen molar-refractivity contribution in [3.05, 3.63) is 29.8 Å². The summed E-state index contributed by atoms with van der Waals surface area (Å²) >= 11 is 0. The van der Waals surface area contributed by atoms with Gasteiger partial charge in [-0.1, -0.05) is 30.5 Å². The van der Waals surface area contributed by atoms with Crippen molar-refractivity contribution >= 4 is 11.6 Å². The standard InChI is InChI=1S/C15H19NO/c1-10-6-8-11(9-7-10)16-15(17)14-12-4-2-3-5-13(12)14/h6-9,12-14H,2-5H2,1H3,(H,16,17). The minimum absolute atomic E-state index is 0.241. The Bertz CT molecular complexity index is 411. The monoisotopic (exact) mass is 229 g/mol. The molecule has 2 nitrogen and oxygen atoms in total. The Morgan fingerprint density at radius 2 is 1.71 bits per heavy atom. The molecule has 90 valence electrons. The second-order valence-electron chi connectivity index (χ2n) is 5.49. The van der Waals surface area contributed by atoms with Gasteiger partial charge < -0.3 is 5.32 Å². The number of aryl methyl sites for hydroxylation is 1. The van der Waals surface area contributed by atoms with Crippen molar-refractivity contribution in [1.82, 2.24) is 0 Å². The summed E-state index contributed by atoms with van der Waals surface area (Å²) in [4.78, 5) is 12.1. The largest absolute Gasteiger partial charge is 0.326 e. The molecule has 0 heterocycles. The minimum Gasteiger partial charge on any atom is -0.326 e. The quantitative estimate of drug-likeness (QED) is 0.827. The van der Waals surface area contributed by atoms with Crippen LogP contribution < -0.4 is 5.32 Å². The average molecular weight is 229 g/mol. The van der Waals surface area contributed by atoms with Gasteiger partial charge in [0.05, 0.1) is 0 Å². The van der Waals surface area contributed by atoms with Gasteiger partial charge in [-0.05, 0) is 43.7 Å². The van der Waals surface area contributed by atoms with Crippen molar-refractivity contribution < 1.29 is 4.79 Å². The van der Waals surface area contributed by atoms with E-state index in [-0.39, 0.29) is 5.91 Å². The molecule has 0 saturated heterocycles. The number of hydrogen-bond donors (Lipinski definition) is 1. The second kappa shape index (κ2) is 4.17. The van der Waals surface area contributed by atoms with Gasteiger partial charge in [0.15, 0.2) is 0 Å². The lowest BCUT2D eigenvalue weighted by molar-refractivity contribution is -0.117. The first-order chi connectivity index (χ1) is 8.25. The molecular formula is C15H19NO. The first-order valence-electron chi connectivity index (χ1n) is 6.63. The third-order valence-corrected chi connectivity index (χ3v) is 4.28. The Balaban J connectivity index is 1.62. The number of rotatable bonds is 2. The van der Waals surface area contributed by atoms with Crippen LogP contribution in [0.4, 0.5) is 5.69 Å². The molecule has 1 aromatic carbocycles. The van der Waals surface area contributed by atoms with Crippen LogP contribution in [0.15, 0.2) is 24.3 Å². The molecule has 0 aliphatic heterocycles. The zero-order valence-electron chi connectivity index (χ0n) is 10.3. The third kappa shape index (κ3) is 2.08. The number of hydrogen-bond acceptors (Lipinski definition) is 1. The number of benzene rings is 1. The summed E-state index contributed by atoms with van der Waals surface area (Å²) in [6, 6.07) is 8.05. The Hall–Kier alpha value is -1.31. The highest BCUT2D eigenvalue weighted by Crippen LogP contribution is 2.55. The molecule has 2 heteroatoms. The fraction of sp³-hybridized carbons (Fsp3) is 0.533. The molecule has 2 atom stereocenters. The topological polar surface area (TPSA) is 29.1 Å². The predicted octanol–water partition coefficient (Wildman–Crippen LogP) is 3.37. The summed E-state index contributed by atoms with van der Waals surface area (Å²) in [5.41, 5.74) is 2.16. The number of carbonyl (C=O) groups excluding carboxylic acids is 1.